The van der Waals surface area contributed by atoms with E-state index in [9.17, 15) is 17.6 Å². The van der Waals surface area contributed by atoms with Crippen LogP contribution < -0.4 is 5.32 Å². The number of halogens is 4. The molecule has 1 unspecified atom stereocenters. The van der Waals surface area contributed by atoms with Crippen molar-refractivity contribution in [3.63, 3.8) is 0 Å². The number of hydrogen-bond donors (Lipinski definition) is 1. The molecule has 0 aromatic heterocycles. The monoisotopic (exact) mass is 306 g/mol. The predicted molar refractivity (Wildman–Crippen MR) is 72.8 cm³/mol. The van der Waals surface area contributed by atoms with Crippen molar-refractivity contribution in [2.75, 3.05) is 12.3 Å². The SMILES string of the molecule is FC(F)C(F)(F)CN=C1NC(Cc2ccccc2)CS1. The zero-order valence-electron chi connectivity index (χ0n) is 10.5. The van der Waals surface area contributed by atoms with Gasteiger partial charge in [0.1, 0.15) is 6.54 Å². The molecule has 1 aliphatic heterocycles. The standard InChI is InChI=1S/C13H14F4N2S/c14-11(15)13(16,17)8-18-12-19-10(7-20-12)6-9-4-2-1-3-5-9/h1-5,10-11H,6-8H2,(H,18,19). The Balaban J connectivity index is 1.86. The van der Waals surface area contributed by atoms with E-state index in [2.05, 4.69) is 10.3 Å². The molecule has 1 aromatic carbocycles. The van der Waals surface area contributed by atoms with Crippen molar-refractivity contribution < 1.29 is 17.6 Å². The molecule has 0 radical (unpaired) electrons. The number of nitrogens with zero attached hydrogens (tertiary/aromatic N) is 1. The van der Waals surface area contributed by atoms with Crippen LogP contribution in [0.1, 0.15) is 5.56 Å². The first-order chi connectivity index (χ1) is 9.47. The quantitative estimate of drug-likeness (QED) is 0.845. The maximum atomic E-state index is 12.7. The number of nitrogens with one attached hydrogen (secondary N) is 1. The molecular weight excluding hydrogens is 292 g/mol. The highest BCUT2D eigenvalue weighted by Gasteiger charge is 2.40. The molecule has 7 heteroatoms. The highest BCUT2D eigenvalue weighted by Crippen LogP contribution is 2.24. The third kappa shape index (κ3) is 4.13. The van der Waals surface area contributed by atoms with Crippen LogP contribution in [0, 0.1) is 0 Å². The number of hydrogen-bond acceptors (Lipinski definition) is 2. The highest BCUT2D eigenvalue weighted by atomic mass is 32.2. The summed E-state index contributed by atoms with van der Waals surface area (Å²) in [5.74, 6) is -3.37. The van der Waals surface area contributed by atoms with E-state index < -0.39 is 18.9 Å². The zero-order valence-corrected chi connectivity index (χ0v) is 11.3. The summed E-state index contributed by atoms with van der Waals surface area (Å²) in [5, 5.41) is 3.30. The maximum absolute atomic E-state index is 12.7. The van der Waals surface area contributed by atoms with Gasteiger partial charge >= 0.3 is 12.3 Å². The summed E-state index contributed by atoms with van der Waals surface area (Å²) in [5.41, 5.74) is 1.13. The molecule has 1 heterocycles. The van der Waals surface area contributed by atoms with Gasteiger partial charge in [-0.1, -0.05) is 42.1 Å². The molecule has 2 rings (SSSR count). The van der Waals surface area contributed by atoms with Crippen molar-refractivity contribution in [1.82, 2.24) is 5.32 Å². The average molecular weight is 306 g/mol. The van der Waals surface area contributed by atoms with Crippen LogP contribution in [0.25, 0.3) is 0 Å². The lowest BCUT2D eigenvalue weighted by Gasteiger charge is -2.13. The minimum Gasteiger partial charge on any atom is -0.361 e. The Hall–Kier alpha value is -1.24. The molecule has 110 valence electrons. The van der Waals surface area contributed by atoms with Gasteiger partial charge in [-0.05, 0) is 12.0 Å². The average Bonchev–Trinajstić information content (AvgIpc) is 2.85. The number of rotatable bonds is 5. The summed E-state index contributed by atoms with van der Waals surface area (Å²) in [6.07, 6.45) is -2.93. The van der Waals surface area contributed by atoms with Gasteiger partial charge in [-0.25, -0.2) is 8.78 Å². The van der Waals surface area contributed by atoms with Gasteiger partial charge in [-0.2, -0.15) is 8.78 Å². The van der Waals surface area contributed by atoms with E-state index in [1.807, 2.05) is 30.3 Å². The Morgan fingerprint density at radius 2 is 2.00 bits per heavy atom. The van der Waals surface area contributed by atoms with E-state index >= 15 is 0 Å². The zero-order chi connectivity index (χ0) is 14.6. The van der Waals surface area contributed by atoms with E-state index in [4.69, 9.17) is 0 Å². The van der Waals surface area contributed by atoms with E-state index in [1.165, 1.54) is 11.8 Å². The van der Waals surface area contributed by atoms with Gasteiger partial charge in [0.15, 0.2) is 5.17 Å². The van der Waals surface area contributed by atoms with Gasteiger partial charge in [0.05, 0.1) is 0 Å². The van der Waals surface area contributed by atoms with Crippen LogP contribution in [0.5, 0.6) is 0 Å². The number of thioether (sulfide) groups is 1. The lowest BCUT2D eigenvalue weighted by Crippen LogP contribution is -2.33. The molecule has 1 aromatic rings. The Labute approximate surface area is 118 Å². The molecule has 1 aliphatic rings. The Bertz CT molecular complexity index is 465. The minimum absolute atomic E-state index is 0.0846. The molecular formula is C13H14F4N2S. The van der Waals surface area contributed by atoms with Crippen molar-refractivity contribution >= 4 is 16.9 Å². The van der Waals surface area contributed by atoms with Crippen LogP contribution in [0.15, 0.2) is 35.3 Å². The molecule has 1 saturated heterocycles. The normalized spacial score (nSPS) is 21.4. The van der Waals surface area contributed by atoms with E-state index in [1.54, 1.807) is 0 Å². The fourth-order valence-electron chi connectivity index (χ4n) is 1.78. The van der Waals surface area contributed by atoms with Gasteiger partial charge in [0.25, 0.3) is 0 Å². The predicted octanol–water partition coefficient (Wildman–Crippen LogP) is 3.19. The van der Waals surface area contributed by atoms with Crippen molar-refractivity contribution in [1.29, 1.82) is 0 Å². The molecule has 1 N–H and O–H groups in total. The summed E-state index contributed by atoms with van der Waals surface area (Å²) < 4.78 is 49.5. The Kier molecular flexibility index (Phi) is 4.91. The second-order valence-electron chi connectivity index (χ2n) is 4.53. The van der Waals surface area contributed by atoms with E-state index in [0.29, 0.717) is 10.9 Å². The van der Waals surface area contributed by atoms with Gasteiger partial charge in [-0.15, -0.1) is 0 Å². The van der Waals surface area contributed by atoms with E-state index in [0.717, 1.165) is 12.0 Å². The highest BCUT2D eigenvalue weighted by molar-refractivity contribution is 8.14. The van der Waals surface area contributed by atoms with Gasteiger partial charge < -0.3 is 5.32 Å². The fraction of sp³-hybridized carbons (Fsp3) is 0.462. The first-order valence-corrected chi connectivity index (χ1v) is 7.09. The fourth-order valence-corrected chi connectivity index (χ4v) is 2.75. The number of alkyl halides is 4. The molecule has 0 amide bonds. The summed E-state index contributed by atoms with van der Waals surface area (Å²) >= 11 is 1.28. The van der Waals surface area contributed by atoms with Gasteiger partial charge in [0.2, 0.25) is 0 Å². The van der Waals surface area contributed by atoms with Crippen LogP contribution in [-0.2, 0) is 6.42 Å². The van der Waals surface area contributed by atoms with Gasteiger partial charge in [-0.3, -0.25) is 4.99 Å². The van der Waals surface area contributed by atoms with Crippen LogP contribution >= 0.6 is 11.8 Å². The number of benzene rings is 1. The van der Waals surface area contributed by atoms with E-state index in [-0.39, 0.29) is 6.04 Å². The molecule has 0 saturated carbocycles. The lowest BCUT2D eigenvalue weighted by molar-refractivity contribution is -0.119. The second-order valence-corrected chi connectivity index (χ2v) is 5.53. The van der Waals surface area contributed by atoms with Crippen molar-refractivity contribution in [3.05, 3.63) is 35.9 Å². The van der Waals surface area contributed by atoms with Crippen LogP contribution in [0.3, 0.4) is 0 Å². The first-order valence-electron chi connectivity index (χ1n) is 6.11. The molecule has 0 spiro atoms. The van der Waals surface area contributed by atoms with Crippen LogP contribution in [-0.4, -0.2) is 35.9 Å². The molecule has 2 nitrogen and oxygen atoms in total. The third-order valence-corrected chi connectivity index (χ3v) is 3.92. The summed E-state index contributed by atoms with van der Waals surface area (Å²) in [4.78, 5) is 3.55. The Morgan fingerprint density at radius 1 is 1.30 bits per heavy atom. The molecule has 1 fully saturated rings. The molecule has 20 heavy (non-hydrogen) atoms. The third-order valence-electron chi connectivity index (χ3n) is 2.83. The smallest absolute Gasteiger partial charge is 0.326 e. The van der Waals surface area contributed by atoms with Crippen molar-refractivity contribution in [2.24, 2.45) is 4.99 Å². The largest absolute Gasteiger partial charge is 0.361 e. The van der Waals surface area contributed by atoms with Crippen molar-refractivity contribution in [3.8, 4) is 0 Å². The summed E-state index contributed by atoms with van der Waals surface area (Å²) in [6.45, 7) is -1.18. The maximum Gasteiger partial charge on any atom is 0.326 e. The van der Waals surface area contributed by atoms with Crippen molar-refractivity contribution in [2.45, 2.75) is 24.8 Å². The summed E-state index contributed by atoms with van der Waals surface area (Å²) in [7, 11) is 0. The first kappa shape index (κ1) is 15.2. The molecule has 0 aliphatic carbocycles. The van der Waals surface area contributed by atoms with Gasteiger partial charge in [0, 0.05) is 11.8 Å². The molecule has 1 atom stereocenters. The lowest BCUT2D eigenvalue weighted by atomic mass is 10.1. The minimum atomic E-state index is -4.06. The molecule has 0 bridgehead atoms. The number of amidine groups is 1. The van der Waals surface area contributed by atoms with Crippen LogP contribution in [0.4, 0.5) is 17.6 Å². The van der Waals surface area contributed by atoms with Crippen LogP contribution in [0.2, 0.25) is 0 Å². The summed E-state index contributed by atoms with van der Waals surface area (Å²) in [6, 6.07) is 9.81. The number of aliphatic imine (C=N–C) groups is 1. The second kappa shape index (κ2) is 6.47. The Morgan fingerprint density at radius 3 is 2.65 bits per heavy atom. The topological polar surface area (TPSA) is 24.4 Å².